The van der Waals surface area contributed by atoms with Gasteiger partial charge >= 0.3 is 0 Å². The fraction of sp³-hybridized carbons (Fsp3) is 0.208. The van der Waals surface area contributed by atoms with Crippen LogP contribution in [0.3, 0.4) is 0 Å². The molecule has 3 aromatic carbocycles. The fourth-order valence-electron chi connectivity index (χ4n) is 4.35. The van der Waals surface area contributed by atoms with E-state index in [9.17, 15) is 4.79 Å². The molecule has 4 heteroatoms. The molecule has 0 radical (unpaired) electrons. The van der Waals surface area contributed by atoms with E-state index < -0.39 is 6.10 Å². The van der Waals surface area contributed by atoms with E-state index in [4.69, 9.17) is 9.47 Å². The molecule has 0 N–H and O–H groups in total. The van der Waals surface area contributed by atoms with Gasteiger partial charge in [-0.15, -0.1) is 0 Å². The molecule has 0 aliphatic carbocycles. The van der Waals surface area contributed by atoms with Crippen LogP contribution in [0.25, 0.3) is 0 Å². The number of amides is 1. The van der Waals surface area contributed by atoms with Crippen molar-refractivity contribution in [2.24, 2.45) is 0 Å². The minimum absolute atomic E-state index is 0.0164. The van der Waals surface area contributed by atoms with Crippen molar-refractivity contribution in [2.45, 2.75) is 24.5 Å². The van der Waals surface area contributed by atoms with E-state index in [1.54, 1.807) is 7.11 Å². The average Bonchev–Trinajstić information content (AvgIpc) is 2.75. The number of fused-ring (bicyclic) bond motifs is 2. The van der Waals surface area contributed by atoms with Crippen molar-refractivity contribution in [1.29, 1.82) is 0 Å². The highest BCUT2D eigenvalue weighted by Gasteiger charge is 2.56. The van der Waals surface area contributed by atoms with Gasteiger partial charge in [0, 0.05) is 11.6 Å². The quantitative estimate of drug-likeness (QED) is 0.645. The first-order valence-electron chi connectivity index (χ1n) is 9.53. The molecule has 140 valence electrons. The van der Waals surface area contributed by atoms with Crippen LogP contribution in [0.5, 0.6) is 11.5 Å². The molecule has 1 saturated heterocycles. The molecule has 0 spiro atoms. The normalized spacial score (nSPS) is 22.5. The number of benzene rings is 3. The molecule has 28 heavy (non-hydrogen) atoms. The minimum Gasteiger partial charge on any atom is -0.497 e. The number of β-lactam (4-membered cyclic amide) rings is 1. The maximum atomic E-state index is 12.9. The van der Waals surface area contributed by atoms with Gasteiger partial charge in [0.05, 0.1) is 13.2 Å². The first-order valence-corrected chi connectivity index (χ1v) is 9.53. The van der Waals surface area contributed by atoms with E-state index in [2.05, 4.69) is 30.3 Å². The Kier molecular flexibility index (Phi) is 4.05. The standard InChI is InChI=1S/C24H21NO3/c1-27-18-13-11-17(12-14-18)25-22-20(15-16-7-3-2-4-8-16)19-9-5-6-10-21(19)28-23(22)24(25)26/h2-14,20,22-23H,15H2,1H3/t20-,22+,23-/m1/s1. The van der Waals surface area contributed by atoms with Gasteiger partial charge in [0.2, 0.25) is 0 Å². The van der Waals surface area contributed by atoms with Gasteiger partial charge in [-0.05, 0) is 47.9 Å². The summed E-state index contributed by atoms with van der Waals surface area (Å²) < 4.78 is 11.3. The summed E-state index contributed by atoms with van der Waals surface area (Å²) in [4.78, 5) is 14.8. The molecule has 2 aliphatic heterocycles. The van der Waals surface area contributed by atoms with E-state index in [0.717, 1.165) is 23.6 Å². The van der Waals surface area contributed by atoms with Gasteiger partial charge in [-0.1, -0.05) is 48.5 Å². The SMILES string of the molecule is COc1ccc(N2C(=O)[C@@H]3Oc4ccccc4[C@@H](Cc4ccccc4)[C@@H]32)cc1. The molecule has 2 aliphatic rings. The summed E-state index contributed by atoms with van der Waals surface area (Å²) in [6.07, 6.45) is 0.438. The molecular weight excluding hydrogens is 350 g/mol. The zero-order chi connectivity index (χ0) is 19.1. The molecule has 0 saturated carbocycles. The highest BCUT2D eigenvalue weighted by molar-refractivity contribution is 6.05. The Balaban J connectivity index is 1.54. The van der Waals surface area contributed by atoms with Crippen LogP contribution in [0, 0.1) is 0 Å². The highest BCUT2D eigenvalue weighted by Crippen LogP contribution is 2.47. The van der Waals surface area contributed by atoms with E-state index in [1.807, 2.05) is 53.4 Å². The number of anilines is 1. The first kappa shape index (κ1) is 16.9. The van der Waals surface area contributed by atoms with Crippen molar-refractivity contribution in [3.8, 4) is 11.5 Å². The fourth-order valence-corrected chi connectivity index (χ4v) is 4.35. The Bertz CT molecular complexity index is 1000. The third kappa shape index (κ3) is 2.64. The molecule has 1 fully saturated rings. The number of hydrogen-bond donors (Lipinski definition) is 0. The Morgan fingerprint density at radius 2 is 1.64 bits per heavy atom. The lowest BCUT2D eigenvalue weighted by Crippen LogP contribution is -2.71. The first-order chi connectivity index (χ1) is 13.8. The number of methoxy groups -OCH3 is 1. The van der Waals surface area contributed by atoms with Gasteiger partial charge in [0.25, 0.3) is 5.91 Å². The summed E-state index contributed by atoms with van der Waals surface area (Å²) in [5, 5.41) is 0. The van der Waals surface area contributed by atoms with Gasteiger partial charge in [-0.25, -0.2) is 0 Å². The number of hydrogen-bond acceptors (Lipinski definition) is 3. The van der Waals surface area contributed by atoms with Crippen LogP contribution >= 0.6 is 0 Å². The second-order valence-electron chi connectivity index (χ2n) is 7.27. The molecule has 3 atom stereocenters. The van der Waals surface area contributed by atoms with Crippen LogP contribution < -0.4 is 14.4 Å². The summed E-state index contributed by atoms with van der Waals surface area (Å²) in [6.45, 7) is 0. The topological polar surface area (TPSA) is 38.8 Å². The van der Waals surface area contributed by atoms with Crippen LogP contribution in [-0.4, -0.2) is 25.2 Å². The van der Waals surface area contributed by atoms with Crippen molar-refractivity contribution in [3.63, 3.8) is 0 Å². The van der Waals surface area contributed by atoms with Gasteiger partial charge in [0.1, 0.15) is 11.5 Å². The number of para-hydroxylation sites is 1. The number of carbonyl (C=O) groups is 1. The van der Waals surface area contributed by atoms with Gasteiger partial charge < -0.3 is 14.4 Å². The lowest BCUT2D eigenvalue weighted by atomic mass is 9.75. The van der Waals surface area contributed by atoms with E-state index in [1.165, 1.54) is 11.1 Å². The molecule has 2 heterocycles. The van der Waals surface area contributed by atoms with Crippen molar-refractivity contribution in [3.05, 3.63) is 90.0 Å². The summed E-state index contributed by atoms with van der Waals surface area (Å²) >= 11 is 0. The predicted octanol–water partition coefficient (Wildman–Crippen LogP) is 4.20. The van der Waals surface area contributed by atoms with Crippen molar-refractivity contribution < 1.29 is 14.3 Å². The second kappa shape index (κ2) is 6.71. The van der Waals surface area contributed by atoms with Gasteiger partial charge in [-0.3, -0.25) is 4.79 Å². The molecule has 0 unspecified atom stereocenters. The maximum Gasteiger partial charge on any atom is 0.270 e. The van der Waals surface area contributed by atoms with Crippen LogP contribution in [0.1, 0.15) is 17.0 Å². The Hall–Kier alpha value is -3.27. The molecule has 0 aromatic heterocycles. The van der Waals surface area contributed by atoms with Crippen LogP contribution in [0.15, 0.2) is 78.9 Å². The predicted molar refractivity (Wildman–Crippen MR) is 108 cm³/mol. The van der Waals surface area contributed by atoms with Crippen LogP contribution in [0.2, 0.25) is 0 Å². The molecule has 1 amide bonds. The Morgan fingerprint density at radius 1 is 0.929 bits per heavy atom. The van der Waals surface area contributed by atoms with E-state index in [-0.39, 0.29) is 17.9 Å². The number of nitrogens with zero attached hydrogens (tertiary/aromatic N) is 1. The minimum atomic E-state index is -0.425. The van der Waals surface area contributed by atoms with Crippen LogP contribution in [-0.2, 0) is 11.2 Å². The number of ether oxygens (including phenoxy) is 2. The van der Waals surface area contributed by atoms with E-state index in [0.29, 0.717) is 0 Å². The maximum absolute atomic E-state index is 12.9. The van der Waals surface area contributed by atoms with Crippen LogP contribution in [0.4, 0.5) is 5.69 Å². The third-order valence-corrected chi connectivity index (χ3v) is 5.72. The van der Waals surface area contributed by atoms with Crippen molar-refractivity contribution in [2.75, 3.05) is 12.0 Å². The molecule has 0 bridgehead atoms. The summed E-state index contributed by atoms with van der Waals surface area (Å²) in [5.74, 6) is 1.80. The largest absolute Gasteiger partial charge is 0.497 e. The van der Waals surface area contributed by atoms with Gasteiger partial charge in [-0.2, -0.15) is 0 Å². The molecular formula is C24H21NO3. The van der Waals surface area contributed by atoms with E-state index >= 15 is 0 Å². The smallest absolute Gasteiger partial charge is 0.270 e. The van der Waals surface area contributed by atoms with Gasteiger partial charge in [0.15, 0.2) is 6.10 Å². The summed E-state index contributed by atoms with van der Waals surface area (Å²) in [5.41, 5.74) is 3.31. The highest BCUT2D eigenvalue weighted by atomic mass is 16.5. The zero-order valence-corrected chi connectivity index (χ0v) is 15.6. The molecule has 5 rings (SSSR count). The molecule has 4 nitrogen and oxygen atoms in total. The zero-order valence-electron chi connectivity index (χ0n) is 15.6. The second-order valence-corrected chi connectivity index (χ2v) is 7.27. The summed E-state index contributed by atoms with van der Waals surface area (Å²) in [7, 11) is 1.64. The number of carbonyl (C=O) groups excluding carboxylic acids is 1. The lowest BCUT2D eigenvalue weighted by molar-refractivity contribution is -0.136. The molecule has 3 aromatic rings. The lowest BCUT2D eigenvalue weighted by Gasteiger charge is -2.53. The number of rotatable bonds is 4. The Labute approximate surface area is 164 Å². The average molecular weight is 371 g/mol. The Morgan fingerprint density at radius 3 is 2.39 bits per heavy atom. The third-order valence-electron chi connectivity index (χ3n) is 5.72. The summed E-state index contributed by atoms with van der Waals surface area (Å²) in [6, 6.07) is 26.2. The van der Waals surface area contributed by atoms with Crippen molar-refractivity contribution in [1.82, 2.24) is 0 Å². The monoisotopic (exact) mass is 371 g/mol. The van der Waals surface area contributed by atoms with Crippen molar-refractivity contribution >= 4 is 11.6 Å².